The molecule has 1 aliphatic rings. The maximum Gasteiger partial charge on any atom is 0.224 e. The maximum atomic E-state index is 11.9. The summed E-state index contributed by atoms with van der Waals surface area (Å²) >= 11 is 0. The fourth-order valence-electron chi connectivity index (χ4n) is 2.54. The van der Waals surface area contributed by atoms with E-state index in [2.05, 4.69) is 5.32 Å². The van der Waals surface area contributed by atoms with E-state index in [1.165, 1.54) is 6.42 Å². The largest absolute Gasteiger partial charge is 0.398 e. The molecule has 0 atom stereocenters. The van der Waals surface area contributed by atoms with Crippen molar-refractivity contribution in [1.29, 1.82) is 0 Å². The second-order valence-electron chi connectivity index (χ2n) is 5.42. The molecule has 0 saturated carbocycles. The molecule has 0 radical (unpaired) electrons. The van der Waals surface area contributed by atoms with Crippen molar-refractivity contribution in [2.24, 2.45) is 0 Å². The molecule has 1 saturated heterocycles. The predicted octanol–water partition coefficient (Wildman–Crippen LogP) is 1.33. The molecule has 1 aromatic rings. The van der Waals surface area contributed by atoms with E-state index in [-0.39, 0.29) is 18.2 Å². The van der Waals surface area contributed by atoms with Gasteiger partial charge in [0, 0.05) is 31.7 Å². The van der Waals surface area contributed by atoms with Crippen LogP contribution in [0.15, 0.2) is 24.3 Å². The Kier molecular flexibility index (Phi) is 5.60. The summed E-state index contributed by atoms with van der Waals surface area (Å²) in [5.74, 6) is 0.0357. The molecule has 5 nitrogen and oxygen atoms in total. The minimum atomic E-state index is -0.0978. The summed E-state index contributed by atoms with van der Waals surface area (Å²) in [4.78, 5) is 25.7. The highest BCUT2D eigenvalue weighted by Gasteiger charge is 2.16. The Labute approximate surface area is 125 Å². The van der Waals surface area contributed by atoms with E-state index >= 15 is 0 Å². The number of piperidine rings is 1. The first-order valence-electron chi connectivity index (χ1n) is 7.54. The normalized spacial score (nSPS) is 14.8. The van der Waals surface area contributed by atoms with Gasteiger partial charge in [-0.05, 0) is 30.9 Å². The summed E-state index contributed by atoms with van der Waals surface area (Å²) in [6.07, 6.45) is 4.01. The van der Waals surface area contributed by atoms with Gasteiger partial charge in [-0.25, -0.2) is 0 Å². The summed E-state index contributed by atoms with van der Waals surface area (Å²) in [7, 11) is 0. The number of nitrogens with zero attached hydrogens (tertiary/aromatic N) is 1. The number of carbonyl (C=O) groups is 2. The van der Waals surface area contributed by atoms with Crippen LogP contribution in [0.1, 0.15) is 31.2 Å². The molecular weight excluding hydrogens is 266 g/mol. The average Bonchev–Trinajstić information content (AvgIpc) is 2.50. The van der Waals surface area contributed by atoms with Gasteiger partial charge in [-0.3, -0.25) is 9.59 Å². The Morgan fingerprint density at radius 2 is 1.86 bits per heavy atom. The number of amides is 2. The van der Waals surface area contributed by atoms with Crippen LogP contribution in [0.2, 0.25) is 0 Å². The van der Waals surface area contributed by atoms with Gasteiger partial charge in [0.15, 0.2) is 0 Å². The molecule has 0 spiro atoms. The standard InChI is InChI=1S/C16H23N3O2/c17-14-7-3-2-6-13(14)12-15(20)18-9-8-16(21)19-10-4-1-5-11-19/h2-3,6-7H,1,4-5,8-12,17H2,(H,18,20). The molecule has 1 heterocycles. The van der Waals surface area contributed by atoms with E-state index in [1.54, 1.807) is 6.07 Å². The molecule has 5 heteroatoms. The molecule has 2 rings (SSSR count). The highest BCUT2D eigenvalue weighted by molar-refractivity contribution is 5.81. The quantitative estimate of drug-likeness (QED) is 0.803. The number of nitrogen functional groups attached to an aromatic ring is 1. The smallest absolute Gasteiger partial charge is 0.224 e. The van der Waals surface area contributed by atoms with Crippen molar-refractivity contribution < 1.29 is 9.59 Å². The lowest BCUT2D eigenvalue weighted by molar-refractivity contribution is -0.132. The van der Waals surface area contributed by atoms with Gasteiger partial charge in [-0.2, -0.15) is 0 Å². The molecule has 0 aromatic heterocycles. The molecule has 2 amide bonds. The van der Waals surface area contributed by atoms with Crippen molar-refractivity contribution in [2.75, 3.05) is 25.4 Å². The average molecular weight is 289 g/mol. The molecule has 0 aliphatic carbocycles. The third kappa shape index (κ3) is 4.77. The summed E-state index contributed by atoms with van der Waals surface area (Å²) < 4.78 is 0. The Morgan fingerprint density at radius 1 is 1.14 bits per heavy atom. The number of likely N-dealkylation sites (tertiary alicyclic amines) is 1. The number of carbonyl (C=O) groups excluding carboxylic acids is 2. The Balaban J connectivity index is 1.69. The number of rotatable bonds is 5. The van der Waals surface area contributed by atoms with Gasteiger partial charge >= 0.3 is 0 Å². The fourth-order valence-corrected chi connectivity index (χ4v) is 2.54. The number of para-hydroxylation sites is 1. The number of anilines is 1. The lowest BCUT2D eigenvalue weighted by Crippen LogP contribution is -2.38. The zero-order valence-corrected chi connectivity index (χ0v) is 12.3. The third-order valence-corrected chi connectivity index (χ3v) is 3.78. The first kappa shape index (κ1) is 15.4. The van der Waals surface area contributed by atoms with E-state index in [1.807, 2.05) is 23.1 Å². The second-order valence-corrected chi connectivity index (χ2v) is 5.42. The van der Waals surface area contributed by atoms with Crippen LogP contribution >= 0.6 is 0 Å². The van der Waals surface area contributed by atoms with Crippen LogP contribution in [0, 0.1) is 0 Å². The lowest BCUT2D eigenvalue weighted by atomic mass is 10.1. The molecule has 0 bridgehead atoms. The number of nitrogens with two attached hydrogens (primary N) is 1. The fraction of sp³-hybridized carbons (Fsp3) is 0.500. The summed E-state index contributed by atoms with van der Waals surface area (Å²) in [6, 6.07) is 7.32. The van der Waals surface area contributed by atoms with Crippen molar-refractivity contribution >= 4 is 17.5 Å². The second kappa shape index (κ2) is 7.67. The van der Waals surface area contributed by atoms with Crippen LogP contribution in [-0.2, 0) is 16.0 Å². The minimum absolute atomic E-state index is 0.0978. The Hall–Kier alpha value is -2.04. The minimum Gasteiger partial charge on any atom is -0.398 e. The van der Waals surface area contributed by atoms with Gasteiger partial charge in [0.2, 0.25) is 11.8 Å². The summed E-state index contributed by atoms with van der Waals surface area (Å²) in [5.41, 5.74) is 7.24. The molecule has 0 unspecified atom stereocenters. The van der Waals surface area contributed by atoms with Crippen molar-refractivity contribution in [3.63, 3.8) is 0 Å². The van der Waals surface area contributed by atoms with Gasteiger partial charge in [0.25, 0.3) is 0 Å². The van der Waals surface area contributed by atoms with E-state index in [4.69, 9.17) is 5.73 Å². The van der Waals surface area contributed by atoms with Crippen LogP contribution < -0.4 is 11.1 Å². The van der Waals surface area contributed by atoms with Crippen molar-refractivity contribution in [1.82, 2.24) is 10.2 Å². The monoisotopic (exact) mass is 289 g/mol. The zero-order valence-electron chi connectivity index (χ0n) is 12.3. The van der Waals surface area contributed by atoms with Crippen LogP contribution in [0.3, 0.4) is 0 Å². The van der Waals surface area contributed by atoms with E-state index < -0.39 is 0 Å². The molecule has 1 aliphatic heterocycles. The van der Waals surface area contributed by atoms with Gasteiger partial charge in [0.1, 0.15) is 0 Å². The molecule has 1 fully saturated rings. The summed E-state index contributed by atoms with van der Waals surface area (Å²) in [5, 5.41) is 2.79. The number of hydrogen-bond acceptors (Lipinski definition) is 3. The van der Waals surface area contributed by atoms with E-state index in [9.17, 15) is 9.59 Å². The zero-order chi connectivity index (χ0) is 15.1. The van der Waals surface area contributed by atoms with E-state index in [0.29, 0.717) is 18.7 Å². The molecule has 114 valence electrons. The number of nitrogens with one attached hydrogen (secondary N) is 1. The molecule has 3 N–H and O–H groups in total. The first-order chi connectivity index (χ1) is 10.2. The van der Waals surface area contributed by atoms with Crippen molar-refractivity contribution in [2.45, 2.75) is 32.1 Å². The molecule has 21 heavy (non-hydrogen) atoms. The topological polar surface area (TPSA) is 75.4 Å². The maximum absolute atomic E-state index is 11.9. The highest BCUT2D eigenvalue weighted by Crippen LogP contribution is 2.11. The Bertz CT molecular complexity index is 496. The van der Waals surface area contributed by atoms with Crippen LogP contribution in [0.25, 0.3) is 0 Å². The molecular formula is C16H23N3O2. The van der Waals surface area contributed by atoms with Crippen LogP contribution in [-0.4, -0.2) is 36.3 Å². The SMILES string of the molecule is Nc1ccccc1CC(=O)NCCC(=O)N1CCCCC1. The van der Waals surface area contributed by atoms with Crippen LogP contribution in [0.5, 0.6) is 0 Å². The first-order valence-corrected chi connectivity index (χ1v) is 7.54. The third-order valence-electron chi connectivity index (χ3n) is 3.78. The van der Waals surface area contributed by atoms with Gasteiger partial charge in [0.05, 0.1) is 6.42 Å². The lowest BCUT2D eigenvalue weighted by Gasteiger charge is -2.26. The van der Waals surface area contributed by atoms with Gasteiger partial charge in [-0.15, -0.1) is 0 Å². The van der Waals surface area contributed by atoms with Gasteiger partial charge in [-0.1, -0.05) is 18.2 Å². The van der Waals surface area contributed by atoms with Crippen molar-refractivity contribution in [3.8, 4) is 0 Å². The Morgan fingerprint density at radius 3 is 2.57 bits per heavy atom. The number of benzene rings is 1. The van der Waals surface area contributed by atoms with E-state index in [0.717, 1.165) is 31.5 Å². The van der Waals surface area contributed by atoms with Crippen LogP contribution in [0.4, 0.5) is 5.69 Å². The predicted molar refractivity (Wildman–Crippen MR) is 82.6 cm³/mol. The summed E-state index contributed by atoms with van der Waals surface area (Å²) in [6.45, 7) is 2.10. The molecule has 1 aromatic carbocycles. The van der Waals surface area contributed by atoms with Gasteiger partial charge < -0.3 is 16.0 Å². The highest BCUT2D eigenvalue weighted by atomic mass is 16.2. The van der Waals surface area contributed by atoms with Crippen molar-refractivity contribution in [3.05, 3.63) is 29.8 Å². The number of hydrogen-bond donors (Lipinski definition) is 2.